The molecular formula is C14H17O2-. The highest BCUT2D eigenvalue weighted by Gasteiger charge is 2.38. The Morgan fingerprint density at radius 2 is 1.88 bits per heavy atom. The topological polar surface area (TPSA) is 40.1 Å². The summed E-state index contributed by atoms with van der Waals surface area (Å²) in [5.41, 5.74) is 2.50. The van der Waals surface area contributed by atoms with Gasteiger partial charge in [0.1, 0.15) is 0 Å². The van der Waals surface area contributed by atoms with Gasteiger partial charge < -0.3 is 9.90 Å². The Kier molecular flexibility index (Phi) is 2.75. The van der Waals surface area contributed by atoms with E-state index in [9.17, 15) is 9.90 Å². The van der Waals surface area contributed by atoms with E-state index in [2.05, 4.69) is 0 Å². The first-order chi connectivity index (χ1) is 7.58. The molecule has 0 saturated heterocycles. The average Bonchev–Trinajstić information content (AvgIpc) is 2.72. The molecule has 1 saturated carbocycles. The van der Waals surface area contributed by atoms with Gasteiger partial charge in [0.05, 0.1) is 5.97 Å². The standard InChI is InChI=1S/C14H18O2/c1-10-6-5-7-12(11(10)2)14(13(15)16)8-3-4-9-14/h5-7H,3-4,8-9H2,1-2H3,(H,15,16)/p-1. The second-order valence-corrected chi connectivity index (χ2v) is 4.82. The first kappa shape index (κ1) is 11.2. The van der Waals surface area contributed by atoms with Gasteiger partial charge in [0.15, 0.2) is 0 Å². The van der Waals surface area contributed by atoms with Gasteiger partial charge in [-0.1, -0.05) is 31.0 Å². The molecular weight excluding hydrogens is 200 g/mol. The van der Waals surface area contributed by atoms with Crippen LogP contribution < -0.4 is 5.11 Å². The van der Waals surface area contributed by atoms with Crippen LogP contribution in [0.1, 0.15) is 42.4 Å². The van der Waals surface area contributed by atoms with Crippen LogP contribution in [0, 0.1) is 13.8 Å². The van der Waals surface area contributed by atoms with Crippen molar-refractivity contribution in [2.45, 2.75) is 44.9 Å². The number of aliphatic carboxylic acids is 1. The van der Waals surface area contributed by atoms with Crippen molar-refractivity contribution in [3.8, 4) is 0 Å². The van der Waals surface area contributed by atoms with Crippen molar-refractivity contribution in [1.29, 1.82) is 0 Å². The van der Waals surface area contributed by atoms with Gasteiger partial charge in [-0.2, -0.15) is 0 Å². The molecule has 0 heterocycles. The van der Waals surface area contributed by atoms with E-state index >= 15 is 0 Å². The SMILES string of the molecule is Cc1cccc(C2(C(=O)[O-])CCCC2)c1C. The van der Waals surface area contributed by atoms with Crippen LogP contribution in [0.15, 0.2) is 18.2 Å². The monoisotopic (exact) mass is 217 g/mol. The highest BCUT2D eigenvalue weighted by Crippen LogP contribution is 2.42. The van der Waals surface area contributed by atoms with Crippen LogP contribution in [0.5, 0.6) is 0 Å². The number of aryl methyl sites for hydroxylation is 1. The van der Waals surface area contributed by atoms with E-state index in [0.717, 1.165) is 42.4 Å². The summed E-state index contributed by atoms with van der Waals surface area (Å²) in [7, 11) is 0. The van der Waals surface area contributed by atoms with E-state index in [4.69, 9.17) is 0 Å². The van der Waals surface area contributed by atoms with Crippen LogP contribution >= 0.6 is 0 Å². The van der Waals surface area contributed by atoms with E-state index in [1.807, 2.05) is 32.0 Å². The zero-order chi connectivity index (χ0) is 11.8. The molecule has 0 radical (unpaired) electrons. The maximum absolute atomic E-state index is 11.5. The van der Waals surface area contributed by atoms with Gasteiger partial charge in [-0.05, 0) is 43.4 Å². The minimum Gasteiger partial charge on any atom is -0.549 e. The summed E-state index contributed by atoms with van der Waals surface area (Å²) in [6.45, 7) is 4.03. The van der Waals surface area contributed by atoms with Crippen LogP contribution in [-0.2, 0) is 10.2 Å². The van der Waals surface area contributed by atoms with Gasteiger partial charge in [-0.15, -0.1) is 0 Å². The van der Waals surface area contributed by atoms with Crippen molar-refractivity contribution in [3.05, 3.63) is 34.9 Å². The van der Waals surface area contributed by atoms with E-state index in [0.29, 0.717) is 0 Å². The molecule has 0 bridgehead atoms. The predicted molar refractivity (Wildman–Crippen MR) is 61.1 cm³/mol. The molecule has 2 heteroatoms. The molecule has 0 amide bonds. The van der Waals surface area contributed by atoms with Crippen LogP contribution in [0.2, 0.25) is 0 Å². The number of hydrogen-bond donors (Lipinski definition) is 0. The van der Waals surface area contributed by atoms with Gasteiger partial charge in [0, 0.05) is 5.41 Å². The molecule has 0 aromatic heterocycles. The molecule has 0 atom stereocenters. The largest absolute Gasteiger partial charge is 0.549 e. The highest BCUT2D eigenvalue weighted by atomic mass is 16.4. The number of hydrogen-bond acceptors (Lipinski definition) is 2. The highest BCUT2D eigenvalue weighted by molar-refractivity contribution is 5.80. The Hall–Kier alpha value is -1.31. The lowest BCUT2D eigenvalue weighted by atomic mass is 9.76. The Bertz CT molecular complexity index is 415. The fourth-order valence-corrected chi connectivity index (χ4v) is 2.83. The minimum atomic E-state index is -0.904. The average molecular weight is 217 g/mol. The quantitative estimate of drug-likeness (QED) is 0.758. The zero-order valence-electron chi connectivity index (χ0n) is 9.88. The fraction of sp³-hybridized carbons (Fsp3) is 0.500. The zero-order valence-corrected chi connectivity index (χ0v) is 9.88. The van der Waals surface area contributed by atoms with Gasteiger partial charge in [-0.25, -0.2) is 0 Å². The van der Waals surface area contributed by atoms with E-state index in [1.165, 1.54) is 0 Å². The first-order valence-electron chi connectivity index (χ1n) is 5.86. The summed E-state index contributed by atoms with van der Waals surface area (Å²) in [6.07, 6.45) is 3.42. The third-order valence-electron chi connectivity index (χ3n) is 3.97. The molecule has 2 rings (SSSR count). The summed E-state index contributed by atoms with van der Waals surface area (Å²) >= 11 is 0. The Morgan fingerprint density at radius 1 is 1.25 bits per heavy atom. The van der Waals surface area contributed by atoms with Crippen molar-refractivity contribution in [2.75, 3.05) is 0 Å². The van der Waals surface area contributed by atoms with Crippen LogP contribution in [0.4, 0.5) is 0 Å². The second kappa shape index (κ2) is 3.93. The van der Waals surface area contributed by atoms with Crippen LogP contribution in [-0.4, -0.2) is 5.97 Å². The predicted octanol–water partition coefficient (Wildman–Crippen LogP) is 1.87. The molecule has 1 aromatic carbocycles. The number of carbonyl (C=O) groups excluding carboxylic acids is 1. The molecule has 1 aromatic rings. The number of carboxylic acid groups (broad SMARTS) is 1. The van der Waals surface area contributed by atoms with E-state index in [-0.39, 0.29) is 0 Å². The third kappa shape index (κ3) is 1.53. The lowest BCUT2D eigenvalue weighted by molar-refractivity contribution is -0.313. The maximum atomic E-state index is 11.5. The second-order valence-electron chi connectivity index (χ2n) is 4.82. The summed E-state index contributed by atoms with van der Waals surface area (Å²) in [4.78, 5) is 11.5. The Morgan fingerprint density at radius 3 is 2.44 bits per heavy atom. The molecule has 0 N–H and O–H groups in total. The number of carboxylic acids is 1. The normalized spacial score (nSPS) is 18.6. The summed E-state index contributed by atoms with van der Waals surface area (Å²) in [5.74, 6) is -0.904. The summed E-state index contributed by atoms with van der Waals surface area (Å²) in [5, 5.41) is 11.5. The molecule has 1 aliphatic rings. The molecule has 1 aliphatic carbocycles. The maximum Gasteiger partial charge on any atom is 0.0520 e. The third-order valence-corrected chi connectivity index (χ3v) is 3.97. The van der Waals surface area contributed by atoms with Gasteiger partial charge >= 0.3 is 0 Å². The summed E-state index contributed by atoms with van der Waals surface area (Å²) < 4.78 is 0. The van der Waals surface area contributed by atoms with Crippen molar-refractivity contribution >= 4 is 5.97 Å². The Labute approximate surface area is 96.3 Å². The first-order valence-corrected chi connectivity index (χ1v) is 5.86. The lowest BCUT2D eigenvalue weighted by Gasteiger charge is -2.32. The Balaban J connectivity index is 2.56. The van der Waals surface area contributed by atoms with Crippen molar-refractivity contribution < 1.29 is 9.90 Å². The molecule has 0 aliphatic heterocycles. The van der Waals surface area contributed by atoms with Gasteiger partial charge in [0.2, 0.25) is 0 Å². The molecule has 86 valence electrons. The summed E-state index contributed by atoms with van der Waals surface area (Å²) in [6, 6.07) is 5.92. The number of benzene rings is 1. The number of carbonyl (C=O) groups is 1. The van der Waals surface area contributed by atoms with Crippen LogP contribution in [0.25, 0.3) is 0 Å². The minimum absolute atomic E-state index is 0.722. The molecule has 16 heavy (non-hydrogen) atoms. The smallest absolute Gasteiger partial charge is 0.0520 e. The van der Waals surface area contributed by atoms with Gasteiger partial charge in [0.25, 0.3) is 0 Å². The van der Waals surface area contributed by atoms with Crippen LogP contribution in [0.3, 0.4) is 0 Å². The molecule has 0 unspecified atom stereocenters. The van der Waals surface area contributed by atoms with Crippen molar-refractivity contribution in [3.63, 3.8) is 0 Å². The number of rotatable bonds is 2. The van der Waals surface area contributed by atoms with Crippen molar-refractivity contribution in [1.82, 2.24) is 0 Å². The van der Waals surface area contributed by atoms with Crippen molar-refractivity contribution in [2.24, 2.45) is 0 Å². The van der Waals surface area contributed by atoms with E-state index < -0.39 is 11.4 Å². The lowest BCUT2D eigenvalue weighted by Crippen LogP contribution is -2.44. The molecule has 0 spiro atoms. The van der Waals surface area contributed by atoms with E-state index in [1.54, 1.807) is 0 Å². The fourth-order valence-electron chi connectivity index (χ4n) is 2.83. The van der Waals surface area contributed by atoms with Gasteiger partial charge in [-0.3, -0.25) is 0 Å². The molecule has 1 fully saturated rings. The molecule has 2 nitrogen and oxygen atoms in total.